The van der Waals surface area contributed by atoms with E-state index < -0.39 is 0 Å². The van der Waals surface area contributed by atoms with E-state index in [0.717, 1.165) is 48.1 Å². The molecule has 0 bridgehead atoms. The number of H-pyrrole nitrogens is 1. The lowest BCUT2D eigenvalue weighted by atomic mass is 10.1. The van der Waals surface area contributed by atoms with E-state index in [1.54, 1.807) is 12.3 Å². The van der Waals surface area contributed by atoms with Crippen molar-refractivity contribution in [2.75, 3.05) is 31.5 Å². The smallest absolute Gasteiger partial charge is 0.268 e. The summed E-state index contributed by atoms with van der Waals surface area (Å²) in [5.41, 5.74) is 3.54. The molecule has 0 aliphatic carbocycles. The van der Waals surface area contributed by atoms with Crippen molar-refractivity contribution in [2.45, 2.75) is 33.1 Å². The van der Waals surface area contributed by atoms with Crippen molar-refractivity contribution < 1.29 is 4.79 Å². The Labute approximate surface area is 183 Å². The van der Waals surface area contributed by atoms with Crippen LogP contribution in [-0.2, 0) is 0 Å². The zero-order valence-corrected chi connectivity index (χ0v) is 18.3. The van der Waals surface area contributed by atoms with Gasteiger partial charge in [0.25, 0.3) is 5.91 Å². The van der Waals surface area contributed by atoms with Gasteiger partial charge in [-0.05, 0) is 57.0 Å². The first-order chi connectivity index (χ1) is 15.1. The lowest BCUT2D eigenvalue weighted by Gasteiger charge is -2.14. The predicted octanol–water partition coefficient (Wildman–Crippen LogP) is 3.54. The van der Waals surface area contributed by atoms with Crippen LogP contribution >= 0.6 is 0 Å². The van der Waals surface area contributed by atoms with E-state index in [1.165, 1.54) is 12.8 Å². The highest BCUT2D eigenvalue weighted by molar-refractivity contribution is 6.04. The van der Waals surface area contributed by atoms with Gasteiger partial charge < -0.3 is 20.5 Å². The van der Waals surface area contributed by atoms with E-state index in [9.17, 15) is 4.79 Å². The van der Waals surface area contributed by atoms with E-state index in [1.807, 2.05) is 26.0 Å². The maximum Gasteiger partial charge on any atom is 0.268 e. The van der Waals surface area contributed by atoms with Crippen molar-refractivity contribution in [2.24, 2.45) is 0 Å². The topological polar surface area (TPSA) is 85.9 Å². The minimum Gasteiger partial charge on any atom is -0.349 e. The van der Waals surface area contributed by atoms with E-state index in [0.29, 0.717) is 23.8 Å². The number of hydrogen-bond donors (Lipinski definition) is 3. The summed E-state index contributed by atoms with van der Waals surface area (Å²) in [5.74, 6) is 3.08. The fourth-order valence-electron chi connectivity index (χ4n) is 3.78. The fraction of sp³-hybridized carbons (Fsp3) is 0.375. The van der Waals surface area contributed by atoms with Crippen LogP contribution in [0.3, 0.4) is 0 Å². The van der Waals surface area contributed by atoms with Crippen molar-refractivity contribution in [3.63, 3.8) is 0 Å². The summed E-state index contributed by atoms with van der Waals surface area (Å²) in [5, 5.41) is 15.4. The Morgan fingerprint density at radius 3 is 2.87 bits per heavy atom. The number of nitrogens with zero attached hydrogens (tertiary/aromatic N) is 3. The van der Waals surface area contributed by atoms with Crippen LogP contribution in [0, 0.1) is 19.3 Å². The number of nitrogens with one attached hydrogen (secondary N) is 3. The van der Waals surface area contributed by atoms with Gasteiger partial charge in [0.1, 0.15) is 5.69 Å². The number of rotatable bonds is 9. The molecule has 1 aliphatic heterocycles. The number of carbonyl (C=O) groups is 1. The molecule has 2 aromatic rings. The molecule has 3 N–H and O–H groups in total. The molecule has 0 spiro atoms. The van der Waals surface area contributed by atoms with Crippen LogP contribution in [0.5, 0.6) is 0 Å². The molecule has 0 saturated carbocycles. The minimum absolute atomic E-state index is 0.126. The summed E-state index contributed by atoms with van der Waals surface area (Å²) in [6.45, 7) is 11.5. The molecule has 31 heavy (non-hydrogen) atoms. The Morgan fingerprint density at radius 2 is 2.19 bits per heavy atom. The summed E-state index contributed by atoms with van der Waals surface area (Å²) in [4.78, 5) is 18.3. The third-order valence-corrected chi connectivity index (χ3v) is 5.38. The fourth-order valence-corrected chi connectivity index (χ4v) is 3.78. The number of aromatic amines is 1. The van der Waals surface area contributed by atoms with Crippen LogP contribution in [0.2, 0.25) is 0 Å². The van der Waals surface area contributed by atoms with Crippen LogP contribution in [0.1, 0.15) is 42.2 Å². The molecule has 162 valence electrons. The second kappa shape index (κ2) is 10.6. The third-order valence-electron chi connectivity index (χ3n) is 5.38. The monoisotopic (exact) mass is 418 g/mol. The summed E-state index contributed by atoms with van der Waals surface area (Å²) in [6.07, 6.45) is 16.0. The van der Waals surface area contributed by atoms with E-state index in [4.69, 9.17) is 6.42 Å². The number of hydrogen-bond acceptors (Lipinski definition) is 5. The summed E-state index contributed by atoms with van der Waals surface area (Å²) in [7, 11) is 0. The Kier molecular flexibility index (Phi) is 7.63. The first-order valence-corrected chi connectivity index (χ1v) is 10.7. The normalized spacial score (nSPS) is 15.1. The zero-order valence-electron chi connectivity index (χ0n) is 18.3. The maximum absolute atomic E-state index is 12.8. The summed E-state index contributed by atoms with van der Waals surface area (Å²) < 4.78 is 0. The van der Waals surface area contributed by atoms with Crippen molar-refractivity contribution in [1.29, 1.82) is 0 Å². The molecule has 1 amide bonds. The lowest BCUT2D eigenvalue weighted by Crippen LogP contribution is -2.33. The third kappa shape index (κ3) is 5.41. The van der Waals surface area contributed by atoms with Gasteiger partial charge >= 0.3 is 0 Å². The molecule has 0 radical (unpaired) electrons. The average Bonchev–Trinajstić information content (AvgIpc) is 3.41. The number of fused-ring (bicyclic) bond motifs is 1. The Morgan fingerprint density at radius 1 is 1.42 bits per heavy atom. The highest BCUT2D eigenvalue weighted by Gasteiger charge is 2.19. The Balaban J connectivity index is 1.81. The second-order valence-corrected chi connectivity index (χ2v) is 7.55. The predicted molar refractivity (Wildman–Crippen MR) is 126 cm³/mol. The van der Waals surface area contributed by atoms with Crippen molar-refractivity contribution in [3.05, 3.63) is 53.5 Å². The van der Waals surface area contributed by atoms with Crippen molar-refractivity contribution >= 4 is 22.6 Å². The molecule has 7 nitrogen and oxygen atoms in total. The quantitative estimate of drug-likeness (QED) is 0.428. The van der Waals surface area contributed by atoms with Gasteiger partial charge in [-0.2, -0.15) is 5.10 Å². The highest BCUT2D eigenvalue weighted by atomic mass is 16.1. The van der Waals surface area contributed by atoms with Crippen LogP contribution in [0.15, 0.2) is 42.3 Å². The summed E-state index contributed by atoms with van der Waals surface area (Å²) >= 11 is 0. The van der Waals surface area contributed by atoms with Crippen LogP contribution in [-0.4, -0.2) is 52.2 Å². The van der Waals surface area contributed by atoms with Crippen molar-refractivity contribution in [3.8, 4) is 12.3 Å². The van der Waals surface area contributed by atoms with Gasteiger partial charge in [-0.3, -0.25) is 4.79 Å². The van der Waals surface area contributed by atoms with Gasteiger partial charge in [-0.15, -0.1) is 11.5 Å². The average molecular weight is 419 g/mol. The largest absolute Gasteiger partial charge is 0.349 e. The molecule has 2 aromatic heterocycles. The van der Waals surface area contributed by atoms with Gasteiger partial charge in [0.2, 0.25) is 0 Å². The number of likely N-dealkylation sites (tertiary alicyclic amines) is 1. The van der Waals surface area contributed by atoms with Gasteiger partial charge in [-0.25, -0.2) is 0 Å². The molecule has 7 heteroatoms. The minimum atomic E-state index is -0.126. The number of amides is 1. The molecule has 0 unspecified atom stereocenters. The number of carbonyl (C=O) groups excluding carboxylic acids is 1. The van der Waals surface area contributed by atoms with E-state index >= 15 is 0 Å². The number of terminal acetylenes is 1. The standard InChI is InChI=1S/C24H30N6O/c1-5-10-18(6-2)15-19(7-3)27-23-21-17(4)22(28-20(21)16-26-29-23)24(31)25-11-14-30-12-8-9-13-30/h2,7,10,15-16,28H,3,5,8-9,11-14H2,1,4H3,(H,25,31)(H,27,29)/b18-10-,19-15+. The van der Waals surface area contributed by atoms with Crippen LogP contribution in [0.25, 0.3) is 10.9 Å². The van der Waals surface area contributed by atoms with Gasteiger partial charge in [0.05, 0.1) is 11.7 Å². The number of aryl methyl sites for hydroxylation is 1. The maximum atomic E-state index is 12.8. The molecule has 1 aliphatic rings. The van der Waals surface area contributed by atoms with Crippen LogP contribution in [0.4, 0.5) is 5.82 Å². The number of allylic oxidation sites excluding steroid dienone is 4. The number of aromatic nitrogens is 3. The first kappa shape index (κ1) is 22.3. The molecule has 1 saturated heterocycles. The second-order valence-electron chi connectivity index (χ2n) is 7.55. The molecule has 0 atom stereocenters. The molecule has 3 rings (SSSR count). The van der Waals surface area contributed by atoms with Gasteiger partial charge in [0, 0.05) is 29.7 Å². The molecular formula is C24H30N6O. The van der Waals surface area contributed by atoms with Gasteiger partial charge in [-0.1, -0.05) is 25.5 Å². The van der Waals surface area contributed by atoms with Crippen molar-refractivity contribution in [1.82, 2.24) is 25.4 Å². The molecular weight excluding hydrogens is 388 g/mol. The summed E-state index contributed by atoms with van der Waals surface area (Å²) in [6, 6.07) is 0. The Bertz CT molecular complexity index is 1050. The SMILES string of the molecule is C#CC(=C/CC)/C=C(\C=C)Nc1nncc2[nH]c(C(=O)NCCN3CCCC3)c(C)c12. The van der Waals surface area contributed by atoms with E-state index in [2.05, 4.69) is 43.2 Å². The molecule has 1 fully saturated rings. The molecule has 3 heterocycles. The van der Waals surface area contributed by atoms with Gasteiger partial charge in [0.15, 0.2) is 5.82 Å². The van der Waals surface area contributed by atoms with E-state index in [-0.39, 0.29) is 5.91 Å². The number of anilines is 1. The molecule has 0 aromatic carbocycles. The lowest BCUT2D eigenvalue weighted by molar-refractivity contribution is 0.0945. The zero-order chi connectivity index (χ0) is 22.2. The first-order valence-electron chi connectivity index (χ1n) is 10.7. The van der Waals surface area contributed by atoms with Crippen LogP contribution < -0.4 is 10.6 Å². The highest BCUT2D eigenvalue weighted by Crippen LogP contribution is 2.27. The Hall–Kier alpha value is -3.37.